The molecule has 14 heavy (non-hydrogen) atoms. The molecular formula is C11H11NO2. The minimum atomic E-state index is -0.332. The number of carbonyl (C=O) groups is 2. The molecule has 3 heteroatoms. The Morgan fingerprint density at radius 1 is 1.50 bits per heavy atom. The molecule has 0 N–H and O–H groups in total. The standard InChI is InChI=1S/C11H11NO2/c1-12-6-9(11(14)7-13)8-4-2-3-5-10(8)12/h2-5,7,9H,6H2,1H3. The van der Waals surface area contributed by atoms with E-state index >= 15 is 0 Å². The second-order valence-electron chi connectivity index (χ2n) is 3.51. The van der Waals surface area contributed by atoms with Crippen LogP contribution >= 0.6 is 0 Å². The van der Waals surface area contributed by atoms with Crippen LogP contribution in [0.15, 0.2) is 24.3 Å². The van der Waals surface area contributed by atoms with E-state index in [4.69, 9.17) is 0 Å². The van der Waals surface area contributed by atoms with E-state index in [2.05, 4.69) is 0 Å². The summed E-state index contributed by atoms with van der Waals surface area (Å²) in [5.74, 6) is -0.601. The molecule has 1 atom stereocenters. The summed E-state index contributed by atoms with van der Waals surface area (Å²) in [6.07, 6.45) is 0.417. The number of likely N-dealkylation sites (N-methyl/N-ethyl adjacent to an activating group) is 1. The van der Waals surface area contributed by atoms with Gasteiger partial charge in [0, 0.05) is 19.3 Å². The molecule has 0 aliphatic carbocycles. The number of benzene rings is 1. The van der Waals surface area contributed by atoms with Crippen LogP contribution in [-0.2, 0) is 9.59 Å². The van der Waals surface area contributed by atoms with Crippen LogP contribution in [0.3, 0.4) is 0 Å². The third-order valence-corrected chi connectivity index (χ3v) is 2.64. The molecule has 1 aromatic carbocycles. The summed E-state index contributed by atoms with van der Waals surface area (Å²) >= 11 is 0. The van der Waals surface area contributed by atoms with Gasteiger partial charge in [0.15, 0.2) is 6.29 Å². The van der Waals surface area contributed by atoms with Crippen LogP contribution in [0.1, 0.15) is 11.5 Å². The number of hydrogen-bond acceptors (Lipinski definition) is 3. The predicted octanol–water partition coefficient (Wildman–Crippen LogP) is 0.988. The van der Waals surface area contributed by atoms with Gasteiger partial charge in [-0.2, -0.15) is 0 Å². The number of rotatable bonds is 2. The summed E-state index contributed by atoms with van der Waals surface area (Å²) in [4.78, 5) is 23.8. The van der Waals surface area contributed by atoms with Crippen molar-refractivity contribution in [2.75, 3.05) is 18.5 Å². The fourth-order valence-corrected chi connectivity index (χ4v) is 1.93. The van der Waals surface area contributed by atoms with E-state index in [0.717, 1.165) is 11.3 Å². The van der Waals surface area contributed by atoms with Crippen LogP contribution in [0.4, 0.5) is 5.69 Å². The quantitative estimate of drug-likeness (QED) is 0.514. The number of carbonyl (C=O) groups excluding carboxylic acids is 2. The molecule has 1 heterocycles. The van der Waals surface area contributed by atoms with Crippen LogP contribution in [0.25, 0.3) is 0 Å². The first kappa shape index (κ1) is 8.94. The van der Waals surface area contributed by atoms with Crippen molar-refractivity contribution < 1.29 is 9.59 Å². The topological polar surface area (TPSA) is 37.4 Å². The molecule has 1 aromatic rings. The normalized spacial score (nSPS) is 19.2. The fraction of sp³-hybridized carbons (Fsp3) is 0.273. The van der Waals surface area contributed by atoms with E-state index in [1.807, 2.05) is 36.2 Å². The maximum Gasteiger partial charge on any atom is 0.204 e. The van der Waals surface area contributed by atoms with Crippen molar-refractivity contribution in [3.63, 3.8) is 0 Å². The zero-order valence-corrected chi connectivity index (χ0v) is 7.93. The number of aldehydes is 1. The zero-order valence-electron chi connectivity index (χ0n) is 7.93. The summed E-state index contributed by atoms with van der Waals surface area (Å²) in [6.45, 7) is 0.608. The average molecular weight is 189 g/mol. The largest absolute Gasteiger partial charge is 0.373 e. The Labute approximate surface area is 82.3 Å². The molecule has 1 aliphatic rings. The Morgan fingerprint density at radius 3 is 2.93 bits per heavy atom. The van der Waals surface area contributed by atoms with E-state index in [-0.39, 0.29) is 11.7 Å². The highest BCUT2D eigenvalue weighted by Crippen LogP contribution is 2.34. The van der Waals surface area contributed by atoms with Gasteiger partial charge in [-0.15, -0.1) is 0 Å². The number of hydrogen-bond donors (Lipinski definition) is 0. The number of anilines is 1. The lowest BCUT2D eigenvalue weighted by molar-refractivity contribution is -0.130. The molecule has 0 fully saturated rings. The van der Waals surface area contributed by atoms with Crippen LogP contribution < -0.4 is 4.90 Å². The summed E-state index contributed by atoms with van der Waals surface area (Å²) in [7, 11) is 1.93. The minimum Gasteiger partial charge on any atom is -0.373 e. The second-order valence-corrected chi connectivity index (χ2v) is 3.51. The molecule has 0 bridgehead atoms. The zero-order chi connectivity index (χ0) is 10.1. The molecule has 0 amide bonds. The summed E-state index contributed by atoms with van der Waals surface area (Å²) in [6, 6.07) is 7.70. The Balaban J connectivity index is 2.43. The third-order valence-electron chi connectivity index (χ3n) is 2.64. The van der Waals surface area contributed by atoms with Gasteiger partial charge in [-0.05, 0) is 11.6 Å². The Kier molecular flexibility index (Phi) is 2.08. The molecule has 0 aromatic heterocycles. The summed E-state index contributed by atoms with van der Waals surface area (Å²) < 4.78 is 0. The monoisotopic (exact) mass is 189 g/mol. The lowest BCUT2D eigenvalue weighted by Gasteiger charge is -2.10. The van der Waals surface area contributed by atoms with Gasteiger partial charge in [-0.3, -0.25) is 9.59 Å². The Hall–Kier alpha value is -1.64. The van der Waals surface area contributed by atoms with Crippen LogP contribution in [0.5, 0.6) is 0 Å². The van der Waals surface area contributed by atoms with Gasteiger partial charge in [0.2, 0.25) is 5.78 Å². The maximum absolute atomic E-state index is 11.3. The highest BCUT2D eigenvalue weighted by Gasteiger charge is 2.30. The molecule has 1 unspecified atom stereocenters. The first-order chi connectivity index (χ1) is 6.74. The van der Waals surface area contributed by atoms with Gasteiger partial charge in [0.1, 0.15) is 0 Å². The van der Waals surface area contributed by atoms with Crippen LogP contribution in [0, 0.1) is 0 Å². The van der Waals surface area contributed by atoms with Gasteiger partial charge in [-0.25, -0.2) is 0 Å². The number of Topliss-reactive ketones (excluding diaryl/α,β-unsaturated/α-hetero) is 1. The Bertz CT molecular complexity index is 387. The maximum atomic E-state index is 11.3. The second kappa shape index (κ2) is 3.25. The summed E-state index contributed by atoms with van der Waals surface area (Å²) in [5, 5.41) is 0. The molecule has 0 saturated carbocycles. The number of fused-ring (bicyclic) bond motifs is 1. The van der Waals surface area contributed by atoms with E-state index in [1.54, 1.807) is 0 Å². The lowest BCUT2D eigenvalue weighted by Crippen LogP contribution is -2.21. The lowest BCUT2D eigenvalue weighted by atomic mass is 9.98. The SMILES string of the molecule is CN1CC(C(=O)C=O)c2ccccc21. The average Bonchev–Trinajstić information content (AvgIpc) is 2.56. The minimum absolute atomic E-state index is 0.270. The molecular weight excluding hydrogens is 178 g/mol. The van der Waals surface area contributed by atoms with Gasteiger partial charge in [-0.1, -0.05) is 18.2 Å². The first-order valence-electron chi connectivity index (χ1n) is 4.53. The van der Waals surface area contributed by atoms with Crippen molar-refractivity contribution >= 4 is 17.8 Å². The van der Waals surface area contributed by atoms with Gasteiger partial charge < -0.3 is 4.90 Å². The van der Waals surface area contributed by atoms with E-state index in [9.17, 15) is 9.59 Å². The summed E-state index contributed by atoms with van der Waals surface area (Å²) in [5.41, 5.74) is 2.01. The van der Waals surface area contributed by atoms with Crippen LogP contribution in [-0.4, -0.2) is 25.7 Å². The van der Waals surface area contributed by atoms with Gasteiger partial charge in [0.25, 0.3) is 0 Å². The highest BCUT2D eigenvalue weighted by atomic mass is 16.2. The molecule has 1 aliphatic heterocycles. The molecule has 3 nitrogen and oxygen atoms in total. The highest BCUT2D eigenvalue weighted by molar-refractivity contribution is 6.28. The number of para-hydroxylation sites is 1. The van der Waals surface area contributed by atoms with Gasteiger partial charge in [0.05, 0.1) is 5.92 Å². The first-order valence-corrected chi connectivity index (χ1v) is 4.53. The van der Waals surface area contributed by atoms with Crippen molar-refractivity contribution in [1.82, 2.24) is 0 Å². The Morgan fingerprint density at radius 2 is 2.21 bits per heavy atom. The molecule has 2 rings (SSSR count). The molecule has 0 spiro atoms. The predicted molar refractivity (Wildman–Crippen MR) is 53.5 cm³/mol. The smallest absolute Gasteiger partial charge is 0.204 e. The van der Waals surface area contributed by atoms with E-state index < -0.39 is 0 Å². The van der Waals surface area contributed by atoms with Gasteiger partial charge >= 0.3 is 0 Å². The molecule has 0 saturated heterocycles. The number of nitrogens with zero attached hydrogens (tertiary/aromatic N) is 1. The fourth-order valence-electron chi connectivity index (χ4n) is 1.93. The van der Waals surface area contributed by atoms with Crippen molar-refractivity contribution in [3.05, 3.63) is 29.8 Å². The third kappa shape index (κ3) is 1.21. The van der Waals surface area contributed by atoms with E-state index in [0.29, 0.717) is 12.8 Å². The van der Waals surface area contributed by atoms with Crippen molar-refractivity contribution in [3.8, 4) is 0 Å². The van der Waals surface area contributed by atoms with E-state index in [1.165, 1.54) is 0 Å². The molecule has 72 valence electrons. The molecule has 0 radical (unpaired) electrons. The van der Waals surface area contributed by atoms with Crippen molar-refractivity contribution in [1.29, 1.82) is 0 Å². The van der Waals surface area contributed by atoms with Crippen molar-refractivity contribution in [2.24, 2.45) is 0 Å². The number of ketones is 1. The van der Waals surface area contributed by atoms with Crippen LogP contribution in [0.2, 0.25) is 0 Å². The van der Waals surface area contributed by atoms with Crippen molar-refractivity contribution in [2.45, 2.75) is 5.92 Å².